The smallest absolute Gasteiger partial charge is 0.322 e. The first-order chi connectivity index (χ1) is 14.1. The predicted octanol–water partition coefficient (Wildman–Crippen LogP) is 4.13. The Morgan fingerprint density at radius 1 is 1.17 bits per heavy atom. The van der Waals surface area contributed by atoms with Gasteiger partial charge in [0.15, 0.2) is 0 Å². The van der Waals surface area contributed by atoms with Crippen molar-refractivity contribution in [3.63, 3.8) is 0 Å². The van der Waals surface area contributed by atoms with Crippen LogP contribution in [0.1, 0.15) is 19.8 Å². The van der Waals surface area contributed by atoms with E-state index in [0.717, 1.165) is 35.9 Å². The topological polar surface area (TPSA) is 95.8 Å². The number of benzene rings is 1. The highest BCUT2D eigenvalue weighted by Crippen LogP contribution is 2.26. The summed E-state index contributed by atoms with van der Waals surface area (Å²) in [5.41, 5.74) is 2.27. The number of fused-ring (bicyclic) bond motifs is 1. The molecule has 5 rings (SSSR count). The van der Waals surface area contributed by atoms with Gasteiger partial charge < -0.3 is 14.3 Å². The minimum absolute atomic E-state index is 0.196. The van der Waals surface area contributed by atoms with Gasteiger partial charge in [0, 0.05) is 24.7 Å². The van der Waals surface area contributed by atoms with Gasteiger partial charge in [-0.15, -0.1) is 5.10 Å². The minimum Gasteiger partial charge on any atom is -0.403 e. The van der Waals surface area contributed by atoms with E-state index in [9.17, 15) is 4.39 Å². The fraction of sp³-hybridized carbons (Fsp3) is 0.300. The van der Waals surface area contributed by atoms with Crippen LogP contribution in [0.2, 0.25) is 0 Å². The second kappa shape index (κ2) is 7.16. The third kappa shape index (κ3) is 3.63. The van der Waals surface area contributed by atoms with E-state index >= 15 is 0 Å². The van der Waals surface area contributed by atoms with Crippen LogP contribution in [0.5, 0.6) is 0 Å². The van der Waals surface area contributed by atoms with E-state index < -0.39 is 0 Å². The zero-order valence-corrected chi connectivity index (χ0v) is 15.9. The lowest BCUT2D eigenvalue weighted by Gasteiger charge is -2.31. The molecule has 8 nitrogen and oxygen atoms in total. The molecule has 0 bridgehead atoms. The van der Waals surface area contributed by atoms with Crippen molar-refractivity contribution in [2.24, 2.45) is 5.92 Å². The average Bonchev–Trinajstić information content (AvgIpc) is 3.35. The SMILES string of the molecule is CC1CCN(c2cc3nc(Nc4nnc(-c5ccc(F)cc5)o4)[nH]c3cn2)CC1. The molecule has 1 aromatic carbocycles. The van der Waals surface area contributed by atoms with Crippen LogP contribution in [0, 0.1) is 11.7 Å². The zero-order valence-electron chi connectivity index (χ0n) is 15.9. The number of hydrogen-bond donors (Lipinski definition) is 2. The highest BCUT2D eigenvalue weighted by atomic mass is 19.1. The molecule has 1 saturated heterocycles. The molecule has 0 saturated carbocycles. The van der Waals surface area contributed by atoms with E-state index in [0.29, 0.717) is 17.4 Å². The number of imidazole rings is 1. The minimum atomic E-state index is -0.319. The fourth-order valence-corrected chi connectivity index (χ4v) is 3.45. The van der Waals surface area contributed by atoms with Crippen LogP contribution in [0.4, 0.5) is 22.2 Å². The summed E-state index contributed by atoms with van der Waals surface area (Å²) < 4.78 is 18.7. The average molecular weight is 393 g/mol. The van der Waals surface area contributed by atoms with Crippen molar-refractivity contribution >= 4 is 28.8 Å². The lowest BCUT2D eigenvalue weighted by Crippen LogP contribution is -2.33. The molecule has 0 radical (unpaired) electrons. The maximum atomic E-state index is 13.1. The Morgan fingerprint density at radius 3 is 2.76 bits per heavy atom. The maximum Gasteiger partial charge on any atom is 0.322 e. The number of nitrogens with one attached hydrogen (secondary N) is 2. The number of H-pyrrole nitrogens is 1. The number of halogens is 1. The molecule has 9 heteroatoms. The third-order valence-electron chi connectivity index (χ3n) is 5.20. The van der Waals surface area contributed by atoms with Gasteiger partial charge in [-0.3, -0.25) is 5.32 Å². The van der Waals surface area contributed by atoms with Gasteiger partial charge in [-0.25, -0.2) is 14.4 Å². The summed E-state index contributed by atoms with van der Waals surface area (Å²) in [6.07, 6.45) is 4.15. The van der Waals surface area contributed by atoms with Crippen LogP contribution in [-0.2, 0) is 0 Å². The Morgan fingerprint density at radius 2 is 1.97 bits per heavy atom. The maximum absolute atomic E-state index is 13.1. The molecular formula is C20H20FN7O. The second-order valence-electron chi connectivity index (χ2n) is 7.36. The molecule has 0 aliphatic carbocycles. The number of nitrogens with zero attached hydrogens (tertiary/aromatic N) is 5. The molecule has 0 spiro atoms. The molecule has 4 heterocycles. The molecule has 1 aliphatic heterocycles. The standard InChI is InChI=1S/C20H20FN7O/c1-12-6-8-28(9-7-12)17-10-15-16(11-22-17)24-19(23-15)25-20-27-26-18(29-20)13-2-4-14(21)5-3-13/h2-5,10-12H,6-9H2,1H3,(H2,23,24,25,27). The van der Waals surface area contributed by atoms with Gasteiger partial charge in [-0.05, 0) is 43.0 Å². The van der Waals surface area contributed by atoms with Gasteiger partial charge in [0.1, 0.15) is 11.6 Å². The summed E-state index contributed by atoms with van der Waals surface area (Å²) in [4.78, 5) is 14.6. The van der Waals surface area contributed by atoms with Crippen LogP contribution >= 0.6 is 0 Å². The predicted molar refractivity (Wildman–Crippen MR) is 107 cm³/mol. The Bertz CT molecular complexity index is 1130. The molecule has 2 N–H and O–H groups in total. The number of pyridine rings is 1. The van der Waals surface area contributed by atoms with E-state index in [2.05, 4.69) is 42.3 Å². The van der Waals surface area contributed by atoms with Crippen molar-refractivity contribution in [1.29, 1.82) is 0 Å². The molecule has 3 aromatic heterocycles. The van der Waals surface area contributed by atoms with Crippen molar-refractivity contribution in [2.45, 2.75) is 19.8 Å². The molecule has 0 atom stereocenters. The van der Waals surface area contributed by atoms with Gasteiger partial charge in [-0.2, -0.15) is 0 Å². The molecule has 148 valence electrons. The van der Waals surface area contributed by atoms with Crippen molar-refractivity contribution in [2.75, 3.05) is 23.3 Å². The summed E-state index contributed by atoms with van der Waals surface area (Å²) in [6, 6.07) is 8.05. The summed E-state index contributed by atoms with van der Waals surface area (Å²) in [5.74, 6) is 2.18. The number of aromatic amines is 1. The van der Waals surface area contributed by atoms with E-state index in [4.69, 9.17) is 4.42 Å². The molecule has 0 unspecified atom stereocenters. The lowest BCUT2D eigenvalue weighted by molar-refractivity contribution is 0.436. The Hall–Kier alpha value is -3.49. The zero-order chi connectivity index (χ0) is 19.8. The Balaban J connectivity index is 1.34. The number of rotatable bonds is 4. The number of piperidine rings is 1. The molecule has 1 aliphatic rings. The number of hydrogen-bond acceptors (Lipinski definition) is 7. The number of anilines is 3. The monoisotopic (exact) mass is 393 g/mol. The van der Waals surface area contributed by atoms with Gasteiger partial charge in [0.25, 0.3) is 0 Å². The van der Waals surface area contributed by atoms with E-state index in [1.165, 1.54) is 25.0 Å². The Labute approximate surface area is 166 Å². The van der Waals surface area contributed by atoms with Gasteiger partial charge in [0.05, 0.1) is 17.2 Å². The highest BCUT2D eigenvalue weighted by Gasteiger charge is 2.18. The summed E-state index contributed by atoms with van der Waals surface area (Å²) in [6.45, 7) is 4.32. The first-order valence-electron chi connectivity index (χ1n) is 9.61. The second-order valence-corrected chi connectivity index (χ2v) is 7.36. The van der Waals surface area contributed by atoms with Crippen molar-refractivity contribution in [3.8, 4) is 11.5 Å². The van der Waals surface area contributed by atoms with E-state index in [1.807, 2.05) is 6.07 Å². The van der Waals surface area contributed by atoms with E-state index in [-0.39, 0.29) is 11.8 Å². The largest absolute Gasteiger partial charge is 0.403 e. The molecule has 4 aromatic rings. The Kier molecular flexibility index (Phi) is 4.34. The quantitative estimate of drug-likeness (QED) is 0.538. The van der Waals surface area contributed by atoms with Gasteiger partial charge in [-0.1, -0.05) is 12.0 Å². The lowest BCUT2D eigenvalue weighted by atomic mass is 9.99. The normalized spacial score (nSPS) is 15.2. The van der Waals surface area contributed by atoms with E-state index in [1.54, 1.807) is 18.3 Å². The van der Waals surface area contributed by atoms with Crippen LogP contribution in [0.3, 0.4) is 0 Å². The van der Waals surface area contributed by atoms with Crippen LogP contribution in [0.25, 0.3) is 22.5 Å². The molecule has 29 heavy (non-hydrogen) atoms. The molecular weight excluding hydrogens is 373 g/mol. The van der Waals surface area contributed by atoms with Crippen molar-refractivity contribution < 1.29 is 8.81 Å². The first kappa shape index (κ1) is 17.6. The summed E-state index contributed by atoms with van der Waals surface area (Å²) in [5, 5.41) is 10.9. The first-order valence-corrected chi connectivity index (χ1v) is 9.61. The van der Waals surface area contributed by atoms with Gasteiger partial charge in [0.2, 0.25) is 11.8 Å². The summed E-state index contributed by atoms with van der Waals surface area (Å²) >= 11 is 0. The third-order valence-corrected chi connectivity index (χ3v) is 5.20. The fourth-order valence-electron chi connectivity index (χ4n) is 3.45. The van der Waals surface area contributed by atoms with Crippen LogP contribution in [-0.4, -0.2) is 38.2 Å². The molecule has 1 fully saturated rings. The van der Waals surface area contributed by atoms with Gasteiger partial charge >= 0.3 is 6.01 Å². The van der Waals surface area contributed by atoms with Crippen LogP contribution in [0.15, 0.2) is 40.9 Å². The van der Waals surface area contributed by atoms with Crippen molar-refractivity contribution in [1.82, 2.24) is 25.1 Å². The molecule has 0 amide bonds. The highest BCUT2D eigenvalue weighted by molar-refractivity contribution is 5.79. The van der Waals surface area contributed by atoms with Crippen molar-refractivity contribution in [3.05, 3.63) is 42.3 Å². The number of aromatic nitrogens is 5. The van der Waals surface area contributed by atoms with Crippen LogP contribution < -0.4 is 10.2 Å². The summed E-state index contributed by atoms with van der Waals surface area (Å²) in [7, 11) is 0.